The summed E-state index contributed by atoms with van der Waals surface area (Å²) >= 11 is 0. The number of carbonyl (C=O) groups excluding carboxylic acids is 2. The van der Waals surface area contributed by atoms with E-state index in [4.69, 9.17) is 5.73 Å². The van der Waals surface area contributed by atoms with Crippen LogP contribution in [0.25, 0.3) is 0 Å². The Balaban J connectivity index is 0.00000312. The fraction of sp³-hybridized carbons (Fsp3) is 0.579. The van der Waals surface area contributed by atoms with E-state index >= 15 is 0 Å². The van der Waals surface area contributed by atoms with E-state index in [9.17, 15) is 9.59 Å². The van der Waals surface area contributed by atoms with Crippen LogP contribution in [-0.2, 0) is 9.59 Å². The van der Waals surface area contributed by atoms with Crippen LogP contribution in [0.1, 0.15) is 52.9 Å². The van der Waals surface area contributed by atoms with Gasteiger partial charge in [-0.05, 0) is 49.9 Å². The maximum Gasteiger partial charge on any atom is 0.229 e. The van der Waals surface area contributed by atoms with Gasteiger partial charge in [0.25, 0.3) is 0 Å². The van der Waals surface area contributed by atoms with Crippen molar-refractivity contribution in [1.82, 2.24) is 0 Å². The topological polar surface area (TPSA) is 84.2 Å². The van der Waals surface area contributed by atoms with Gasteiger partial charge in [-0.15, -0.1) is 12.4 Å². The Labute approximate surface area is 156 Å². The summed E-state index contributed by atoms with van der Waals surface area (Å²) in [6.07, 6.45) is 4.34. The van der Waals surface area contributed by atoms with Crippen molar-refractivity contribution in [3.8, 4) is 0 Å². The van der Waals surface area contributed by atoms with Gasteiger partial charge in [0.05, 0.1) is 5.92 Å². The maximum atomic E-state index is 12.5. The molecule has 1 fully saturated rings. The number of rotatable bonds is 5. The lowest BCUT2D eigenvalue weighted by atomic mass is 9.74. The summed E-state index contributed by atoms with van der Waals surface area (Å²) < 4.78 is 0. The highest BCUT2D eigenvalue weighted by Crippen LogP contribution is 2.32. The van der Waals surface area contributed by atoms with E-state index in [1.807, 2.05) is 20.8 Å². The molecule has 1 aliphatic rings. The summed E-state index contributed by atoms with van der Waals surface area (Å²) in [6.45, 7) is 5.98. The third-order valence-electron chi connectivity index (χ3n) is 4.60. The lowest BCUT2D eigenvalue weighted by molar-refractivity contribution is -0.122. The molecule has 2 unspecified atom stereocenters. The standard InChI is InChI=1S/C19H29N3O2.ClH/c1-13(2)12-17(23)21-14-7-9-15(10-8-14)22-18(24)16-6-4-5-11-19(16,3)20;/h7-10,13,16H,4-6,11-12,20H2,1-3H3,(H,21,23)(H,22,24);1H. The first-order valence-electron chi connectivity index (χ1n) is 8.77. The van der Waals surface area contributed by atoms with Gasteiger partial charge in [0.1, 0.15) is 0 Å². The first kappa shape index (κ1) is 21.5. The quantitative estimate of drug-likeness (QED) is 0.736. The number of nitrogens with two attached hydrogens (primary N) is 1. The second kappa shape index (κ2) is 9.20. The van der Waals surface area contributed by atoms with Crippen molar-refractivity contribution in [1.29, 1.82) is 0 Å². The molecule has 2 amide bonds. The number of carbonyl (C=O) groups is 2. The van der Waals surface area contributed by atoms with Crippen LogP contribution in [0.5, 0.6) is 0 Å². The van der Waals surface area contributed by atoms with E-state index in [-0.39, 0.29) is 30.1 Å². The third-order valence-corrected chi connectivity index (χ3v) is 4.60. The molecule has 1 aromatic rings. The summed E-state index contributed by atoms with van der Waals surface area (Å²) in [5, 5.41) is 5.81. The summed E-state index contributed by atoms with van der Waals surface area (Å²) in [6, 6.07) is 7.21. The third kappa shape index (κ3) is 6.33. The highest BCUT2D eigenvalue weighted by Gasteiger charge is 2.37. The second-order valence-electron chi connectivity index (χ2n) is 7.52. The molecule has 0 heterocycles. The average molecular weight is 368 g/mol. The normalized spacial score (nSPS) is 22.8. The molecule has 1 aromatic carbocycles. The minimum absolute atomic E-state index is 0. The monoisotopic (exact) mass is 367 g/mol. The number of anilines is 2. The SMILES string of the molecule is CC(C)CC(=O)Nc1ccc(NC(=O)C2CCCCC2(C)N)cc1.Cl. The molecule has 25 heavy (non-hydrogen) atoms. The molecule has 6 heteroatoms. The van der Waals surface area contributed by atoms with Crippen molar-refractivity contribution in [2.45, 2.75) is 58.4 Å². The summed E-state index contributed by atoms with van der Waals surface area (Å²) in [4.78, 5) is 24.3. The van der Waals surface area contributed by atoms with E-state index in [2.05, 4.69) is 10.6 Å². The van der Waals surface area contributed by atoms with Crippen LogP contribution in [-0.4, -0.2) is 17.4 Å². The van der Waals surface area contributed by atoms with Crippen LogP contribution in [0.15, 0.2) is 24.3 Å². The zero-order chi connectivity index (χ0) is 17.7. The highest BCUT2D eigenvalue weighted by molar-refractivity contribution is 5.94. The lowest BCUT2D eigenvalue weighted by Crippen LogP contribution is -2.51. The molecule has 0 saturated heterocycles. The predicted molar refractivity (Wildman–Crippen MR) is 105 cm³/mol. The molecule has 1 aliphatic carbocycles. The predicted octanol–water partition coefficient (Wildman–Crippen LogP) is 3.94. The molecule has 0 aliphatic heterocycles. The molecule has 4 N–H and O–H groups in total. The van der Waals surface area contributed by atoms with E-state index < -0.39 is 5.54 Å². The smallest absolute Gasteiger partial charge is 0.229 e. The van der Waals surface area contributed by atoms with Gasteiger partial charge in [0, 0.05) is 23.3 Å². The van der Waals surface area contributed by atoms with E-state index in [0.717, 1.165) is 37.1 Å². The molecule has 2 rings (SSSR count). The number of hydrogen-bond acceptors (Lipinski definition) is 3. The molecule has 140 valence electrons. The van der Waals surface area contributed by atoms with E-state index in [1.165, 1.54) is 0 Å². The van der Waals surface area contributed by atoms with Crippen molar-refractivity contribution in [3.05, 3.63) is 24.3 Å². The van der Waals surface area contributed by atoms with Crippen molar-refractivity contribution in [2.24, 2.45) is 17.6 Å². The van der Waals surface area contributed by atoms with Crippen molar-refractivity contribution in [2.75, 3.05) is 10.6 Å². The second-order valence-corrected chi connectivity index (χ2v) is 7.52. The molecule has 2 atom stereocenters. The van der Waals surface area contributed by atoms with Gasteiger partial charge in [-0.3, -0.25) is 9.59 Å². The van der Waals surface area contributed by atoms with Crippen LogP contribution < -0.4 is 16.4 Å². The number of halogens is 1. The van der Waals surface area contributed by atoms with Crippen molar-refractivity contribution < 1.29 is 9.59 Å². The fourth-order valence-corrected chi connectivity index (χ4v) is 3.24. The Morgan fingerprint density at radius 1 is 1.16 bits per heavy atom. The molecular formula is C19H30ClN3O2. The van der Waals surface area contributed by atoms with Crippen LogP contribution >= 0.6 is 12.4 Å². The lowest BCUT2D eigenvalue weighted by Gasteiger charge is -2.37. The zero-order valence-corrected chi connectivity index (χ0v) is 16.1. The number of nitrogens with one attached hydrogen (secondary N) is 2. The van der Waals surface area contributed by atoms with Gasteiger partial charge >= 0.3 is 0 Å². The molecule has 1 saturated carbocycles. The minimum atomic E-state index is -0.437. The molecule has 5 nitrogen and oxygen atoms in total. The largest absolute Gasteiger partial charge is 0.326 e. The van der Waals surface area contributed by atoms with Crippen LogP contribution in [0, 0.1) is 11.8 Å². The van der Waals surface area contributed by atoms with Gasteiger partial charge < -0.3 is 16.4 Å². The Morgan fingerprint density at radius 2 is 1.72 bits per heavy atom. The first-order chi connectivity index (χ1) is 11.3. The summed E-state index contributed by atoms with van der Waals surface area (Å²) in [7, 11) is 0. The Morgan fingerprint density at radius 3 is 2.24 bits per heavy atom. The maximum absolute atomic E-state index is 12.5. The van der Waals surface area contributed by atoms with Crippen LogP contribution in [0.3, 0.4) is 0 Å². The first-order valence-corrected chi connectivity index (χ1v) is 8.77. The van der Waals surface area contributed by atoms with Gasteiger partial charge in [-0.1, -0.05) is 26.7 Å². The van der Waals surface area contributed by atoms with E-state index in [1.54, 1.807) is 24.3 Å². The average Bonchev–Trinajstić information content (AvgIpc) is 2.47. The highest BCUT2D eigenvalue weighted by atomic mass is 35.5. The molecule has 0 spiro atoms. The molecule has 0 aromatic heterocycles. The molecule has 0 radical (unpaired) electrons. The van der Waals surface area contributed by atoms with Crippen molar-refractivity contribution in [3.63, 3.8) is 0 Å². The van der Waals surface area contributed by atoms with Gasteiger partial charge in [0.15, 0.2) is 0 Å². The zero-order valence-electron chi connectivity index (χ0n) is 15.3. The number of benzene rings is 1. The fourth-order valence-electron chi connectivity index (χ4n) is 3.24. The minimum Gasteiger partial charge on any atom is -0.326 e. The van der Waals surface area contributed by atoms with Gasteiger partial charge in [0.2, 0.25) is 11.8 Å². The van der Waals surface area contributed by atoms with Crippen molar-refractivity contribution >= 4 is 35.6 Å². The van der Waals surface area contributed by atoms with Crippen LogP contribution in [0.4, 0.5) is 11.4 Å². The number of amides is 2. The molecular weight excluding hydrogens is 338 g/mol. The molecule has 0 bridgehead atoms. The summed E-state index contributed by atoms with van der Waals surface area (Å²) in [5.41, 5.74) is 7.31. The van der Waals surface area contributed by atoms with Gasteiger partial charge in [-0.2, -0.15) is 0 Å². The van der Waals surface area contributed by atoms with Crippen LogP contribution in [0.2, 0.25) is 0 Å². The van der Waals surface area contributed by atoms with Gasteiger partial charge in [-0.25, -0.2) is 0 Å². The summed E-state index contributed by atoms with van der Waals surface area (Å²) in [5.74, 6) is 0.153. The Kier molecular flexibility index (Phi) is 7.90. The van der Waals surface area contributed by atoms with E-state index in [0.29, 0.717) is 12.3 Å². The Hall–Kier alpha value is -1.59. The Bertz CT molecular complexity index is 585. The number of hydrogen-bond donors (Lipinski definition) is 3.